The first-order valence-corrected chi connectivity index (χ1v) is 10.3. The van der Waals surface area contributed by atoms with Crippen molar-refractivity contribution in [3.8, 4) is 11.3 Å². The molecule has 0 bridgehead atoms. The van der Waals surface area contributed by atoms with Crippen molar-refractivity contribution in [2.75, 3.05) is 18.9 Å². The first-order valence-electron chi connectivity index (χ1n) is 10.3. The summed E-state index contributed by atoms with van der Waals surface area (Å²) in [7, 11) is 0. The number of hydrogen-bond acceptors (Lipinski definition) is 5. The number of amides is 2. The van der Waals surface area contributed by atoms with Gasteiger partial charge in [-0.25, -0.2) is 13.5 Å². The number of primary amides is 1. The molecular weight excluding hydrogens is 432 g/mol. The van der Waals surface area contributed by atoms with E-state index in [2.05, 4.69) is 10.4 Å². The predicted molar refractivity (Wildman–Crippen MR) is 117 cm³/mol. The summed E-state index contributed by atoms with van der Waals surface area (Å²) in [4.78, 5) is 24.4. The molecule has 0 radical (unpaired) electrons. The smallest absolute Gasteiger partial charge is 0.254 e. The van der Waals surface area contributed by atoms with Gasteiger partial charge >= 0.3 is 0 Å². The summed E-state index contributed by atoms with van der Waals surface area (Å²) in [6.07, 6.45) is 0.662. The van der Waals surface area contributed by atoms with Crippen LogP contribution in [0.3, 0.4) is 0 Å². The van der Waals surface area contributed by atoms with Gasteiger partial charge < -0.3 is 21.5 Å². The zero-order chi connectivity index (χ0) is 23.7. The highest BCUT2D eigenvalue weighted by Crippen LogP contribution is 2.33. The Bertz CT molecular complexity index is 1240. The fraction of sp³-hybridized carbons (Fsp3) is 0.261. The van der Waals surface area contributed by atoms with Crippen LogP contribution in [0.4, 0.5) is 14.6 Å². The number of rotatable bonds is 6. The van der Waals surface area contributed by atoms with Gasteiger partial charge in [0.25, 0.3) is 11.8 Å². The molecule has 0 spiro atoms. The molecule has 4 rings (SSSR count). The van der Waals surface area contributed by atoms with Gasteiger partial charge in [0.15, 0.2) is 0 Å². The van der Waals surface area contributed by atoms with Gasteiger partial charge in [-0.1, -0.05) is 12.1 Å². The van der Waals surface area contributed by atoms with Crippen LogP contribution >= 0.6 is 0 Å². The third-order valence-corrected chi connectivity index (χ3v) is 5.63. The van der Waals surface area contributed by atoms with Crippen molar-refractivity contribution in [2.45, 2.75) is 25.9 Å². The number of nitrogens with zero attached hydrogens (tertiary/aromatic N) is 2. The lowest BCUT2D eigenvalue weighted by molar-refractivity contribution is 0.0948. The number of aromatic nitrogens is 2. The molecule has 1 aliphatic heterocycles. The first kappa shape index (κ1) is 22.4. The van der Waals surface area contributed by atoms with Crippen molar-refractivity contribution in [1.29, 1.82) is 0 Å². The second kappa shape index (κ2) is 8.99. The van der Waals surface area contributed by atoms with E-state index in [4.69, 9.17) is 16.2 Å². The van der Waals surface area contributed by atoms with E-state index in [9.17, 15) is 14.0 Å². The Morgan fingerprint density at radius 2 is 2.03 bits per heavy atom. The molecule has 8 nitrogen and oxygen atoms in total. The van der Waals surface area contributed by atoms with Gasteiger partial charge in [-0.2, -0.15) is 5.10 Å². The molecule has 3 aromatic rings. The topological polar surface area (TPSA) is 125 Å². The normalized spacial score (nSPS) is 15.5. The highest BCUT2D eigenvalue weighted by molar-refractivity contribution is 6.03. The molecule has 172 valence electrons. The van der Waals surface area contributed by atoms with Gasteiger partial charge in [-0.15, -0.1) is 0 Å². The average Bonchev–Trinajstić information content (AvgIpc) is 3.41. The number of nitrogens with two attached hydrogens (primary N) is 2. The zero-order valence-corrected chi connectivity index (χ0v) is 17.9. The van der Waals surface area contributed by atoms with Crippen molar-refractivity contribution in [3.05, 3.63) is 70.3 Å². The van der Waals surface area contributed by atoms with Crippen molar-refractivity contribution < 1.29 is 23.1 Å². The van der Waals surface area contributed by atoms with Gasteiger partial charge in [0, 0.05) is 24.3 Å². The number of nitrogens with one attached hydrogen (secondary N) is 1. The van der Waals surface area contributed by atoms with Crippen molar-refractivity contribution in [1.82, 2.24) is 15.1 Å². The molecule has 0 saturated carbocycles. The lowest BCUT2D eigenvalue weighted by atomic mass is 10.0. The minimum Gasteiger partial charge on any atom is -0.383 e. The molecule has 10 heteroatoms. The van der Waals surface area contributed by atoms with Crippen molar-refractivity contribution in [3.63, 3.8) is 0 Å². The molecule has 2 heterocycles. The highest BCUT2D eigenvalue weighted by Gasteiger charge is 2.28. The van der Waals surface area contributed by atoms with Crippen LogP contribution in [0.5, 0.6) is 0 Å². The summed E-state index contributed by atoms with van der Waals surface area (Å²) in [6, 6.07) is 8.04. The zero-order valence-electron chi connectivity index (χ0n) is 17.9. The third kappa shape index (κ3) is 4.42. The number of nitrogen functional groups attached to an aromatic ring is 1. The molecule has 1 unspecified atom stereocenters. The number of ether oxygens (including phenoxy) is 1. The maximum absolute atomic E-state index is 15.0. The number of hydrogen-bond donors (Lipinski definition) is 3. The first-order chi connectivity index (χ1) is 15.8. The number of halogens is 2. The Kier molecular flexibility index (Phi) is 6.10. The summed E-state index contributed by atoms with van der Waals surface area (Å²) in [5, 5.41) is 7.02. The maximum Gasteiger partial charge on any atom is 0.254 e. The summed E-state index contributed by atoms with van der Waals surface area (Å²) >= 11 is 0. The van der Waals surface area contributed by atoms with Gasteiger partial charge in [0.1, 0.15) is 28.7 Å². The molecule has 2 amide bonds. The molecule has 5 N–H and O–H groups in total. The monoisotopic (exact) mass is 455 g/mol. The summed E-state index contributed by atoms with van der Waals surface area (Å²) in [5.41, 5.74) is 13.0. The van der Waals surface area contributed by atoms with Crippen LogP contribution in [0.25, 0.3) is 11.3 Å². The summed E-state index contributed by atoms with van der Waals surface area (Å²) < 4.78 is 35.3. The van der Waals surface area contributed by atoms with Crippen molar-refractivity contribution in [2.24, 2.45) is 5.73 Å². The van der Waals surface area contributed by atoms with Crippen molar-refractivity contribution >= 4 is 17.6 Å². The van der Waals surface area contributed by atoms with Gasteiger partial charge in [0.2, 0.25) is 0 Å². The largest absolute Gasteiger partial charge is 0.383 e. The standard InChI is InChI=1S/C23H23F2N5O3/c1-12-2-4-14(24)9-17(12)23(32)28-10-13-3-5-16(18(25)8-13)20-19(22(27)31)21(26)30(29-20)15-6-7-33-11-15/h2-5,8-9,15H,6-7,10-11,26H2,1H3,(H2,27,31)(H,28,32). The SMILES string of the molecule is Cc1ccc(F)cc1C(=O)NCc1ccc(-c2nn(C3CCOC3)c(N)c2C(N)=O)c(F)c1. The van der Waals surface area contributed by atoms with E-state index >= 15 is 4.39 Å². The van der Waals surface area contributed by atoms with E-state index in [-0.39, 0.29) is 40.8 Å². The van der Waals surface area contributed by atoms with Gasteiger partial charge in [0.05, 0.1) is 12.6 Å². The molecule has 1 aliphatic rings. The highest BCUT2D eigenvalue weighted by atomic mass is 19.1. The Hall–Kier alpha value is -3.79. The molecule has 1 saturated heterocycles. The molecule has 33 heavy (non-hydrogen) atoms. The molecule has 2 aromatic carbocycles. The Morgan fingerprint density at radius 1 is 1.24 bits per heavy atom. The quantitative estimate of drug-likeness (QED) is 0.527. The Labute approximate surface area is 188 Å². The van der Waals surface area contributed by atoms with Crippen LogP contribution in [0, 0.1) is 18.6 Å². The van der Waals surface area contributed by atoms with E-state index in [1.54, 1.807) is 13.0 Å². The lowest BCUT2D eigenvalue weighted by Crippen LogP contribution is -2.23. The molecular formula is C23H23F2N5O3. The number of carbonyl (C=O) groups is 2. The number of benzene rings is 2. The molecule has 0 aliphatic carbocycles. The van der Waals surface area contributed by atoms with E-state index in [0.29, 0.717) is 30.8 Å². The number of anilines is 1. The third-order valence-electron chi connectivity index (χ3n) is 5.63. The van der Waals surface area contributed by atoms with E-state index < -0.39 is 23.4 Å². The predicted octanol–water partition coefficient (Wildman–Crippen LogP) is 2.71. The van der Waals surface area contributed by atoms with Crippen LogP contribution in [0.15, 0.2) is 36.4 Å². The lowest BCUT2D eigenvalue weighted by Gasteiger charge is -2.10. The summed E-state index contributed by atoms with van der Waals surface area (Å²) in [6.45, 7) is 2.64. The van der Waals surface area contributed by atoms with Gasteiger partial charge in [-0.3, -0.25) is 9.59 Å². The average molecular weight is 455 g/mol. The molecule has 1 aromatic heterocycles. The Balaban J connectivity index is 1.58. The van der Waals surface area contributed by atoms with E-state index in [1.807, 2.05) is 0 Å². The fourth-order valence-corrected chi connectivity index (χ4v) is 3.85. The van der Waals surface area contributed by atoms with E-state index in [1.165, 1.54) is 28.9 Å². The maximum atomic E-state index is 15.0. The van der Waals surface area contributed by atoms with Crippen LogP contribution in [0.1, 0.15) is 44.3 Å². The number of aryl methyl sites for hydroxylation is 1. The van der Waals surface area contributed by atoms with Crippen LogP contribution in [-0.2, 0) is 11.3 Å². The fourth-order valence-electron chi connectivity index (χ4n) is 3.85. The Morgan fingerprint density at radius 3 is 2.70 bits per heavy atom. The van der Waals surface area contributed by atoms with Crippen LogP contribution in [-0.4, -0.2) is 34.8 Å². The number of carbonyl (C=O) groups excluding carboxylic acids is 2. The summed E-state index contributed by atoms with van der Waals surface area (Å²) in [5.74, 6) is -2.39. The second-order valence-corrected chi connectivity index (χ2v) is 7.89. The van der Waals surface area contributed by atoms with Crippen LogP contribution in [0.2, 0.25) is 0 Å². The van der Waals surface area contributed by atoms with E-state index in [0.717, 1.165) is 6.07 Å². The van der Waals surface area contributed by atoms with Gasteiger partial charge in [-0.05, 0) is 48.7 Å². The second-order valence-electron chi connectivity index (χ2n) is 7.89. The molecule has 1 fully saturated rings. The molecule has 1 atom stereocenters. The minimum absolute atomic E-state index is 0.0185. The van der Waals surface area contributed by atoms with Crippen LogP contribution < -0.4 is 16.8 Å². The minimum atomic E-state index is -0.811.